The lowest BCUT2D eigenvalue weighted by molar-refractivity contribution is 0.0919. The SMILES string of the molecule is COc1ccc(COCC2CCc3nc(-c4cc(F)ccc4C)c(C4=CC=[N+]=C4)n32)cc1. The van der Waals surface area contributed by atoms with Crippen LogP contribution in [0.25, 0.3) is 16.8 Å². The molecule has 32 heavy (non-hydrogen) atoms. The number of imidazole rings is 1. The van der Waals surface area contributed by atoms with Crippen molar-refractivity contribution in [2.45, 2.75) is 32.4 Å². The summed E-state index contributed by atoms with van der Waals surface area (Å²) in [4.78, 5) is 4.95. The summed E-state index contributed by atoms with van der Waals surface area (Å²) in [5, 5.41) is 0. The van der Waals surface area contributed by atoms with E-state index in [0.29, 0.717) is 13.2 Å². The second-order valence-electron chi connectivity index (χ2n) is 8.16. The Morgan fingerprint density at radius 2 is 2.03 bits per heavy atom. The van der Waals surface area contributed by atoms with Crippen molar-refractivity contribution in [3.8, 4) is 17.0 Å². The Morgan fingerprint density at radius 3 is 2.78 bits per heavy atom. The third kappa shape index (κ3) is 3.79. The Balaban J connectivity index is 1.43. The molecule has 3 aromatic rings. The second-order valence-corrected chi connectivity index (χ2v) is 8.16. The van der Waals surface area contributed by atoms with Crippen LogP contribution in [0.15, 0.2) is 48.5 Å². The van der Waals surface area contributed by atoms with Crippen molar-refractivity contribution in [1.29, 1.82) is 0 Å². The minimum atomic E-state index is -0.260. The van der Waals surface area contributed by atoms with Crippen molar-refractivity contribution in [2.75, 3.05) is 13.7 Å². The number of hydrogen-bond acceptors (Lipinski definition) is 3. The highest BCUT2D eigenvalue weighted by Gasteiger charge is 2.32. The highest BCUT2D eigenvalue weighted by Crippen LogP contribution is 2.38. The monoisotopic (exact) mass is 430 g/mol. The van der Waals surface area contributed by atoms with Crippen LogP contribution in [0.5, 0.6) is 5.75 Å². The summed E-state index contributed by atoms with van der Waals surface area (Å²) in [6.07, 6.45) is 7.44. The number of benzene rings is 2. The fraction of sp³-hybridized carbons (Fsp3) is 0.269. The summed E-state index contributed by atoms with van der Waals surface area (Å²) in [5.74, 6) is 1.59. The average molecular weight is 431 g/mol. The van der Waals surface area contributed by atoms with Crippen LogP contribution in [-0.2, 0) is 17.8 Å². The van der Waals surface area contributed by atoms with Crippen LogP contribution >= 0.6 is 0 Å². The zero-order valence-corrected chi connectivity index (χ0v) is 18.2. The molecule has 0 fully saturated rings. The maximum Gasteiger partial charge on any atom is 0.302 e. The van der Waals surface area contributed by atoms with Gasteiger partial charge in [-0.25, -0.2) is 9.37 Å². The zero-order chi connectivity index (χ0) is 22.1. The van der Waals surface area contributed by atoms with Crippen molar-refractivity contribution in [1.82, 2.24) is 14.2 Å². The number of nitrogens with zero attached hydrogens (tertiary/aromatic N) is 3. The Kier molecular flexibility index (Phi) is 5.48. The summed E-state index contributed by atoms with van der Waals surface area (Å²) < 4.78 is 31.9. The first kappa shape index (κ1) is 20.4. The van der Waals surface area contributed by atoms with Crippen LogP contribution in [0.2, 0.25) is 0 Å². The van der Waals surface area contributed by atoms with Gasteiger partial charge in [0.05, 0.1) is 43.3 Å². The van der Waals surface area contributed by atoms with E-state index in [1.165, 1.54) is 6.07 Å². The molecule has 0 spiro atoms. The number of hydrogen-bond donors (Lipinski definition) is 0. The predicted molar refractivity (Wildman–Crippen MR) is 125 cm³/mol. The Morgan fingerprint density at radius 1 is 1.19 bits per heavy atom. The van der Waals surface area contributed by atoms with Gasteiger partial charge in [-0.05, 0) is 48.7 Å². The Labute approximate surface area is 186 Å². The van der Waals surface area contributed by atoms with E-state index in [9.17, 15) is 4.39 Å². The largest absolute Gasteiger partial charge is 0.497 e. The van der Waals surface area contributed by atoms with Gasteiger partial charge in [0.15, 0.2) is 0 Å². The standard InChI is InChI=1S/C26H25FN3O2/c1-17-3-6-20(27)13-23(17)25-26(19-11-12-28-14-19)30-21(7-10-24(30)29-25)16-32-15-18-4-8-22(31-2)9-5-18/h3-6,8-9,11-14,21H,7,10,15-16H2,1-2H3/q+1. The molecule has 0 N–H and O–H groups in total. The van der Waals surface area contributed by atoms with Crippen LogP contribution in [-0.4, -0.2) is 35.7 Å². The molecule has 5 nitrogen and oxygen atoms in total. The van der Waals surface area contributed by atoms with E-state index < -0.39 is 0 Å². The molecule has 1 aromatic heterocycles. The van der Waals surface area contributed by atoms with Gasteiger partial charge in [-0.3, -0.25) is 0 Å². The molecule has 1 atom stereocenters. The zero-order valence-electron chi connectivity index (χ0n) is 18.2. The summed E-state index contributed by atoms with van der Waals surface area (Å²) in [5.41, 5.74) is 5.71. The molecule has 3 heterocycles. The number of aryl methyl sites for hydroxylation is 2. The van der Waals surface area contributed by atoms with Crippen molar-refractivity contribution in [3.63, 3.8) is 0 Å². The van der Waals surface area contributed by atoms with E-state index in [1.54, 1.807) is 25.5 Å². The molecule has 0 radical (unpaired) electrons. The second kappa shape index (κ2) is 8.58. The molecular formula is C26H25FN3O2+. The summed E-state index contributed by atoms with van der Waals surface area (Å²) in [6.45, 7) is 3.10. The van der Waals surface area contributed by atoms with Crippen molar-refractivity contribution in [3.05, 3.63) is 77.0 Å². The number of rotatable bonds is 7. The van der Waals surface area contributed by atoms with E-state index >= 15 is 0 Å². The number of aromatic nitrogens is 2. The molecule has 0 saturated carbocycles. The Bertz CT molecular complexity index is 1250. The fourth-order valence-electron chi connectivity index (χ4n) is 4.41. The quantitative estimate of drug-likeness (QED) is 0.525. The van der Waals surface area contributed by atoms with Crippen LogP contribution < -0.4 is 9.40 Å². The molecule has 5 rings (SSSR count). The lowest BCUT2D eigenvalue weighted by Gasteiger charge is -2.17. The smallest absolute Gasteiger partial charge is 0.302 e. The summed E-state index contributed by atoms with van der Waals surface area (Å²) in [6, 6.07) is 12.9. The highest BCUT2D eigenvalue weighted by atomic mass is 19.1. The molecular weight excluding hydrogens is 405 g/mol. The van der Waals surface area contributed by atoms with Crippen molar-refractivity contribution < 1.29 is 13.9 Å². The van der Waals surface area contributed by atoms with Gasteiger partial charge in [0, 0.05) is 18.1 Å². The topological polar surface area (TPSA) is 50.4 Å². The number of allylic oxidation sites excluding steroid dienone is 2. The minimum absolute atomic E-state index is 0.170. The Hall–Kier alpha value is -3.47. The first-order valence-electron chi connectivity index (χ1n) is 10.8. The lowest BCUT2D eigenvalue weighted by Crippen LogP contribution is -2.14. The van der Waals surface area contributed by atoms with Gasteiger partial charge >= 0.3 is 6.21 Å². The van der Waals surface area contributed by atoms with Gasteiger partial charge in [-0.1, -0.05) is 18.2 Å². The maximum absolute atomic E-state index is 14.1. The molecule has 2 aliphatic rings. The normalized spacial score (nSPS) is 16.5. The molecule has 2 aromatic carbocycles. The van der Waals surface area contributed by atoms with Crippen molar-refractivity contribution in [2.24, 2.45) is 0 Å². The van der Waals surface area contributed by atoms with Gasteiger partial charge in [-0.2, -0.15) is 0 Å². The third-order valence-corrected chi connectivity index (χ3v) is 6.07. The van der Waals surface area contributed by atoms with Gasteiger partial charge in [0.2, 0.25) is 0 Å². The van der Waals surface area contributed by atoms with Crippen LogP contribution in [0.4, 0.5) is 4.39 Å². The van der Waals surface area contributed by atoms with Gasteiger partial charge < -0.3 is 14.0 Å². The van der Waals surface area contributed by atoms with Gasteiger partial charge in [0.25, 0.3) is 6.21 Å². The van der Waals surface area contributed by atoms with Gasteiger partial charge in [0.1, 0.15) is 17.4 Å². The number of halogens is 1. The molecule has 1 unspecified atom stereocenters. The summed E-state index contributed by atoms with van der Waals surface area (Å²) >= 11 is 0. The number of methoxy groups -OCH3 is 1. The molecule has 162 valence electrons. The third-order valence-electron chi connectivity index (χ3n) is 6.07. The number of fused-ring (bicyclic) bond motifs is 1. The van der Waals surface area contributed by atoms with E-state index in [-0.39, 0.29) is 11.9 Å². The van der Waals surface area contributed by atoms with Gasteiger partial charge in [-0.15, -0.1) is 4.67 Å². The lowest BCUT2D eigenvalue weighted by atomic mass is 10.0. The first-order chi connectivity index (χ1) is 15.6. The van der Waals surface area contributed by atoms with Crippen LogP contribution in [0.1, 0.15) is 35.1 Å². The molecule has 0 amide bonds. The predicted octanol–water partition coefficient (Wildman–Crippen LogP) is 4.32. The van der Waals surface area contributed by atoms with E-state index in [4.69, 9.17) is 14.5 Å². The average Bonchev–Trinajstić information content (AvgIpc) is 3.53. The van der Waals surface area contributed by atoms with E-state index in [1.807, 2.05) is 43.5 Å². The molecule has 0 saturated heterocycles. The molecule has 0 bridgehead atoms. The van der Waals surface area contributed by atoms with E-state index in [0.717, 1.165) is 58.1 Å². The summed E-state index contributed by atoms with van der Waals surface area (Å²) in [7, 11) is 1.66. The minimum Gasteiger partial charge on any atom is -0.497 e. The number of ether oxygens (including phenoxy) is 2. The molecule has 6 heteroatoms. The van der Waals surface area contributed by atoms with Crippen LogP contribution in [0, 0.1) is 12.7 Å². The maximum atomic E-state index is 14.1. The first-order valence-corrected chi connectivity index (χ1v) is 10.8. The van der Waals surface area contributed by atoms with Crippen LogP contribution in [0.3, 0.4) is 0 Å². The molecule has 2 aliphatic heterocycles. The fourth-order valence-corrected chi connectivity index (χ4v) is 4.41. The van der Waals surface area contributed by atoms with Crippen molar-refractivity contribution >= 4 is 18.0 Å². The van der Waals surface area contributed by atoms with E-state index in [2.05, 4.69) is 9.24 Å². The highest BCUT2D eigenvalue weighted by molar-refractivity contribution is 6.18. The molecule has 0 aliphatic carbocycles.